The van der Waals surface area contributed by atoms with E-state index in [1.165, 1.54) is 21.0 Å². The molecule has 0 radical (unpaired) electrons. The highest BCUT2D eigenvalue weighted by atomic mass is 35.5. The molecule has 2 heterocycles. The smallest absolute Gasteiger partial charge is 0.408 e. The van der Waals surface area contributed by atoms with Crippen molar-refractivity contribution in [2.24, 2.45) is 7.05 Å². The fourth-order valence-electron chi connectivity index (χ4n) is 3.48. The van der Waals surface area contributed by atoms with E-state index in [0.717, 1.165) is 10.4 Å². The van der Waals surface area contributed by atoms with E-state index in [4.69, 9.17) is 16.0 Å². The number of sulfonamides is 1. The molecule has 4 rings (SSSR count). The lowest BCUT2D eigenvalue weighted by Crippen LogP contribution is -2.39. The van der Waals surface area contributed by atoms with Gasteiger partial charge in [0.25, 0.3) is 0 Å². The third-order valence-electron chi connectivity index (χ3n) is 5.19. The van der Waals surface area contributed by atoms with Crippen molar-refractivity contribution in [1.29, 1.82) is 0 Å². The van der Waals surface area contributed by atoms with E-state index in [0.29, 0.717) is 17.0 Å². The zero-order valence-electron chi connectivity index (χ0n) is 17.0. The predicted molar refractivity (Wildman–Crippen MR) is 123 cm³/mol. The molecule has 0 aliphatic heterocycles. The minimum atomic E-state index is -3.87. The second kappa shape index (κ2) is 8.63. The summed E-state index contributed by atoms with van der Waals surface area (Å²) in [5.41, 5.74) is 1.61. The summed E-state index contributed by atoms with van der Waals surface area (Å²) in [6, 6.07) is 15.3. The number of hydrogen-bond donors (Lipinski definition) is 0. The van der Waals surface area contributed by atoms with Crippen LogP contribution in [0.15, 0.2) is 74.1 Å². The molecule has 2 aromatic carbocycles. The number of hydrogen-bond acceptors (Lipinski definition) is 5. The van der Waals surface area contributed by atoms with E-state index in [1.807, 2.05) is 36.6 Å². The predicted octanol–water partition coefficient (Wildman–Crippen LogP) is 4.67. The topological polar surface area (TPSA) is 72.5 Å². The largest absolute Gasteiger partial charge is 0.419 e. The van der Waals surface area contributed by atoms with Crippen LogP contribution in [0.5, 0.6) is 0 Å². The first-order valence-electron chi connectivity index (χ1n) is 9.64. The summed E-state index contributed by atoms with van der Waals surface area (Å²) in [4.78, 5) is 13.0. The van der Waals surface area contributed by atoms with Crippen LogP contribution < -0.4 is 5.76 Å². The third-order valence-corrected chi connectivity index (χ3v) is 8.30. The number of nitrogens with zero attached hydrogens (tertiary/aromatic N) is 2. The van der Waals surface area contributed by atoms with Crippen LogP contribution >= 0.6 is 22.9 Å². The van der Waals surface area contributed by atoms with Crippen LogP contribution in [0.4, 0.5) is 0 Å². The van der Waals surface area contributed by atoms with Gasteiger partial charge in [0.1, 0.15) is 0 Å². The molecular formula is C22H21ClN2O4S2. The summed E-state index contributed by atoms with van der Waals surface area (Å²) >= 11 is 7.59. The van der Waals surface area contributed by atoms with Gasteiger partial charge < -0.3 is 4.42 Å². The van der Waals surface area contributed by atoms with Gasteiger partial charge in [0.2, 0.25) is 10.0 Å². The van der Waals surface area contributed by atoms with E-state index in [1.54, 1.807) is 36.6 Å². The van der Waals surface area contributed by atoms with Gasteiger partial charge in [-0.3, -0.25) is 4.57 Å². The maximum atomic E-state index is 13.7. The SMILES string of the molecule is C[C@H](Cc1cccs1)N(Cc1ccc(Cl)cc1)S(=O)(=O)c1ccc2c(c1)oc(=O)n2C. The lowest BCUT2D eigenvalue weighted by atomic mass is 10.1. The molecule has 0 aliphatic rings. The van der Waals surface area contributed by atoms with Gasteiger partial charge >= 0.3 is 5.76 Å². The minimum absolute atomic E-state index is 0.0846. The van der Waals surface area contributed by atoms with Crippen LogP contribution in [0.25, 0.3) is 11.1 Å². The van der Waals surface area contributed by atoms with E-state index >= 15 is 0 Å². The van der Waals surface area contributed by atoms with Crippen LogP contribution in [-0.4, -0.2) is 23.3 Å². The molecular weight excluding hydrogens is 456 g/mol. The highest BCUT2D eigenvalue weighted by molar-refractivity contribution is 7.89. The molecule has 0 saturated carbocycles. The lowest BCUT2D eigenvalue weighted by molar-refractivity contribution is 0.329. The summed E-state index contributed by atoms with van der Waals surface area (Å²) in [6.45, 7) is 2.09. The average molecular weight is 477 g/mol. The molecule has 0 bridgehead atoms. The van der Waals surface area contributed by atoms with E-state index in [2.05, 4.69) is 0 Å². The molecule has 0 N–H and O–H groups in total. The fraction of sp³-hybridized carbons (Fsp3) is 0.227. The number of oxazole rings is 1. The highest BCUT2D eigenvalue weighted by Crippen LogP contribution is 2.27. The molecule has 4 aromatic rings. The van der Waals surface area contributed by atoms with Gasteiger partial charge in [0.15, 0.2) is 5.58 Å². The fourth-order valence-corrected chi connectivity index (χ4v) is 6.07. The van der Waals surface area contributed by atoms with Crippen molar-refractivity contribution in [3.63, 3.8) is 0 Å². The quantitative estimate of drug-likeness (QED) is 0.388. The monoisotopic (exact) mass is 476 g/mol. The molecule has 9 heteroatoms. The molecule has 0 fully saturated rings. The minimum Gasteiger partial charge on any atom is -0.408 e. The van der Waals surface area contributed by atoms with Gasteiger partial charge in [-0.25, -0.2) is 13.2 Å². The summed E-state index contributed by atoms with van der Waals surface area (Å²) < 4.78 is 35.4. The van der Waals surface area contributed by atoms with Crippen LogP contribution in [0.2, 0.25) is 5.02 Å². The van der Waals surface area contributed by atoms with Crippen molar-refractivity contribution < 1.29 is 12.8 Å². The molecule has 0 spiro atoms. The van der Waals surface area contributed by atoms with Crippen LogP contribution in [0.1, 0.15) is 17.4 Å². The Labute approximate surface area is 189 Å². The standard InChI is InChI=1S/C22H21ClN2O4S2/c1-15(12-18-4-3-11-30-18)25(14-16-5-7-17(23)8-6-16)31(27,28)19-9-10-20-21(13-19)29-22(26)24(20)2/h3-11,13,15H,12,14H2,1-2H3/t15-/m1/s1. The van der Waals surface area contributed by atoms with Crippen LogP contribution in [0, 0.1) is 0 Å². The van der Waals surface area contributed by atoms with Crippen molar-refractivity contribution in [2.45, 2.75) is 30.8 Å². The summed E-state index contributed by atoms with van der Waals surface area (Å²) in [5, 5.41) is 2.57. The summed E-state index contributed by atoms with van der Waals surface area (Å²) in [7, 11) is -2.29. The molecule has 2 aromatic heterocycles. The van der Waals surface area contributed by atoms with Gasteiger partial charge in [-0.05, 0) is 54.6 Å². The van der Waals surface area contributed by atoms with Crippen molar-refractivity contribution in [2.75, 3.05) is 0 Å². The molecule has 0 saturated heterocycles. The Morgan fingerprint density at radius 2 is 1.90 bits per heavy atom. The summed E-state index contributed by atoms with van der Waals surface area (Å²) in [6.07, 6.45) is 0.590. The molecule has 1 atom stereocenters. The number of halogens is 1. The molecule has 0 amide bonds. The second-order valence-corrected chi connectivity index (χ2v) is 10.7. The maximum Gasteiger partial charge on any atom is 0.419 e. The zero-order chi connectivity index (χ0) is 22.2. The van der Waals surface area contributed by atoms with Crippen LogP contribution in [0.3, 0.4) is 0 Å². The highest BCUT2D eigenvalue weighted by Gasteiger charge is 2.30. The molecule has 0 unspecified atom stereocenters. The number of aromatic nitrogens is 1. The lowest BCUT2D eigenvalue weighted by Gasteiger charge is -2.28. The number of benzene rings is 2. The summed E-state index contributed by atoms with van der Waals surface area (Å²) in [5.74, 6) is -0.534. The van der Waals surface area contributed by atoms with Gasteiger partial charge in [-0.2, -0.15) is 4.31 Å². The second-order valence-electron chi connectivity index (χ2n) is 7.37. The first-order chi connectivity index (χ1) is 14.8. The van der Waals surface area contributed by atoms with Gasteiger partial charge in [0, 0.05) is 35.6 Å². The zero-order valence-corrected chi connectivity index (χ0v) is 19.4. The number of fused-ring (bicyclic) bond motifs is 1. The Hall–Kier alpha value is -2.39. The molecule has 31 heavy (non-hydrogen) atoms. The van der Waals surface area contributed by atoms with E-state index in [9.17, 15) is 13.2 Å². The van der Waals surface area contributed by atoms with E-state index in [-0.39, 0.29) is 23.1 Å². The Kier molecular flexibility index (Phi) is 6.07. The van der Waals surface area contributed by atoms with Gasteiger partial charge in [0.05, 0.1) is 10.4 Å². The maximum absolute atomic E-state index is 13.7. The van der Waals surface area contributed by atoms with Crippen molar-refractivity contribution >= 4 is 44.1 Å². The normalized spacial score (nSPS) is 13.2. The van der Waals surface area contributed by atoms with E-state index < -0.39 is 15.8 Å². The Morgan fingerprint density at radius 1 is 1.16 bits per heavy atom. The Morgan fingerprint density at radius 3 is 2.58 bits per heavy atom. The number of thiophene rings is 1. The number of rotatable bonds is 7. The van der Waals surface area contributed by atoms with Gasteiger partial charge in [-0.15, -0.1) is 11.3 Å². The Bertz CT molecular complexity index is 1360. The van der Waals surface area contributed by atoms with Crippen molar-refractivity contribution in [3.8, 4) is 0 Å². The molecule has 0 aliphatic carbocycles. The first kappa shape index (κ1) is 21.8. The Balaban J connectivity index is 1.74. The number of aryl methyl sites for hydroxylation is 1. The van der Waals surface area contributed by atoms with Crippen LogP contribution in [-0.2, 0) is 30.0 Å². The molecule has 6 nitrogen and oxygen atoms in total. The average Bonchev–Trinajstić information content (AvgIpc) is 3.34. The first-order valence-corrected chi connectivity index (χ1v) is 12.3. The van der Waals surface area contributed by atoms with Crippen molar-refractivity contribution in [3.05, 3.63) is 86.0 Å². The van der Waals surface area contributed by atoms with Crippen molar-refractivity contribution in [1.82, 2.24) is 8.87 Å². The van der Waals surface area contributed by atoms with Gasteiger partial charge in [-0.1, -0.05) is 29.8 Å². The third kappa shape index (κ3) is 4.48. The molecule has 162 valence electrons.